The number of carbonyl (C=O) groups excluding carboxylic acids is 1. The van der Waals surface area contributed by atoms with E-state index >= 15 is 0 Å². The van der Waals surface area contributed by atoms with Crippen molar-refractivity contribution in [2.75, 3.05) is 35.8 Å². The van der Waals surface area contributed by atoms with E-state index in [0.29, 0.717) is 5.75 Å². The summed E-state index contributed by atoms with van der Waals surface area (Å²) in [6.07, 6.45) is -0.508. The Kier molecular flexibility index (Phi) is 12.6. The van der Waals surface area contributed by atoms with E-state index in [1.165, 1.54) is 22.3 Å². The molecule has 0 aliphatic carbocycles. The van der Waals surface area contributed by atoms with Gasteiger partial charge in [0.05, 0.1) is 0 Å². The van der Waals surface area contributed by atoms with Gasteiger partial charge in [0, 0.05) is 81.9 Å². The summed E-state index contributed by atoms with van der Waals surface area (Å²) in [6.45, 7) is 3.11. The van der Waals surface area contributed by atoms with E-state index in [-0.39, 0.29) is 5.92 Å². The largest absolute Gasteiger partial charge is 0.412 e. The minimum Gasteiger partial charge on any atom is -0.410 e. The highest BCUT2D eigenvalue weighted by Gasteiger charge is 2.24. The van der Waals surface area contributed by atoms with Crippen molar-refractivity contribution in [1.29, 1.82) is 0 Å². The number of hydrogen-bond donors (Lipinski definition) is 1. The van der Waals surface area contributed by atoms with Crippen molar-refractivity contribution in [3.63, 3.8) is 0 Å². The number of benzene rings is 7. The van der Waals surface area contributed by atoms with Crippen LogP contribution in [-0.4, -0.2) is 27.2 Å². The first kappa shape index (κ1) is 38.5. The molecule has 0 saturated carbocycles. The summed E-state index contributed by atoms with van der Waals surface area (Å²) in [5.74, 6) is 0.292. The lowest BCUT2D eigenvalue weighted by molar-refractivity contribution is 0.202. The lowest BCUT2D eigenvalue weighted by Gasteiger charge is -2.28. The van der Waals surface area contributed by atoms with Crippen molar-refractivity contribution < 1.29 is 9.53 Å². The highest BCUT2D eigenvalue weighted by Crippen LogP contribution is 2.40. The lowest BCUT2D eigenvalue weighted by Crippen LogP contribution is -2.23. The van der Waals surface area contributed by atoms with Crippen molar-refractivity contribution in [3.05, 3.63) is 227 Å². The van der Waals surface area contributed by atoms with E-state index in [1.54, 1.807) is 7.05 Å². The Morgan fingerprint density at radius 3 is 1.18 bits per heavy atom. The molecule has 0 atom stereocenters. The van der Waals surface area contributed by atoms with Crippen molar-refractivity contribution in [2.45, 2.75) is 32.1 Å². The topological polar surface area (TPSA) is 48.1 Å². The lowest BCUT2D eigenvalue weighted by atomic mass is 9.84. The molecule has 6 heteroatoms. The highest BCUT2D eigenvalue weighted by atomic mass is 16.6. The summed E-state index contributed by atoms with van der Waals surface area (Å²) in [4.78, 5) is 19.6. The molecule has 0 aliphatic heterocycles. The first-order chi connectivity index (χ1) is 27.9. The SMILES string of the molecule is CNC(=O)Oc1cc(N(C)C)ccc1C(c1ccc(N(Cc2ccccc2)Cc2ccccc2)cc1)c1ccc(N(Cc2ccccc2)Cc2ccccc2)cc1. The fourth-order valence-electron chi connectivity index (χ4n) is 7.28. The van der Waals surface area contributed by atoms with E-state index < -0.39 is 6.09 Å². The van der Waals surface area contributed by atoms with Gasteiger partial charge in [-0.05, 0) is 63.7 Å². The molecule has 1 N–H and O–H groups in total. The molecule has 7 aromatic carbocycles. The zero-order chi connectivity index (χ0) is 39.4. The fourth-order valence-corrected chi connectivity index (χ4v) is 7.28. The number of amides is 1. The maximum Gasteiger partial charge on any atom is 0.412 e. The van der Waals surface area contributed by atoms with Crippen LogP contribution in [0.25, 0.3) is 0 Å². The highest BCUT2D eigenvalue weighted by molar-refractivity contribution is 5.72. The van der Waals surface area contributed by atoms with Gasteiger partial charge in [0.25, 0.3) is 0 Å². The van der Waals surface area contributed by atoms with Gasteiger partial charge in [-0.15, -0.1) is 0 Å². The van der Waals surface area contributed by atoms with Crippen LogP contribution in [-0.2, 0) is 26.2 Å². The number of carbonyl (C=O) groups is 1. The predicted molar refractivity (Wildman–Crippen MR) is 235 cm³/mol. The summed E-state index contributed by atoms with van der Waals surface area (Å²) < 4.78 is 6.01. The molecule has 7 aromatic rings. The molecule has 0 unspecified atom stereocenters. The molecule has 6 nitrogen and oxygen atoms in total. The van der Waals surface area contributed by atoms with Gasteiger partial charge in [-0.2, -0.15) is 0 Å². The van der Waals surface area contributed by atoms with Gasteiger partial charge in [-0.25, -0.2) is 4.79 Å². The van der Waals surface area contributed by atoms with Crippen LogP contribution in [0.5, 0.6) is 5.75 Å². The second kappa shape index (κ2) is 18.7. The molecule has 1 amide bonds. The molecule has 0 aromatic heterocycles. The smallest absolute Gasteiger partial charge is 0.410 e. The summed E-state index contributed by atoms with van der Waals surface area (Å²) in [5, 5.41) is 2.64. The molecule has 0 radical (unpaired) electrons. The van der Waals surface area contributed by atoms with Crippen LogP contribution in [0.15, 0.2) is 188 Å². The number of nitrogens with zero attached hydrogens (tertiary/aromatic N) is 3. The van der Waals surface area contributed by atoms with Gasteiger partial charge in [0.15, 0.2) is 0 Å². The minimum absolute atomic E-state index is 0.225. The zero-order valence-corrected chi connectivity index (χ0v) is 33.0. The maximum atomic E-state index is 12.8. The van der Waals surface area contributed by atoms with E-state index in [1.807, 2.05) is 25.1 Å². The van der Waals surface area contributed by atoms with Crippen molar-refractivity contribution in [2.24, 2.45) is 0 Å². The van der Waals surface area contributed by atoms with Gasteiger partial charge in [-0.3, -0.25) is 0 Å². The molecular weight excluding hydrogens is 701 g/mol. The Morgan fingerprint density at radius 2 is 0.842 bits per heavy atom. The van der Waals surface area contributed by atoms with E-state index in [2.05, 4.69) is 197 Å². The van der Waals surface area contributed by atoms with Crippen LogP contribution in [0.2, 0.25) is 0 Å². The second-order valence-corrected chi connectivity index (χ2v) is 14.5. The zero-order valence-electron chi connectivity index (χ0n) is 33.0. The standard InChI is InChI=1S/C51H50N4O2/c1-52-51(56)57-49-34-47(53(2)3)32-33-48(49)50(43-24-28-45(29-25-43)54(35-39-16-8-4-9-17-39)36-40-18-10-5-11-19-40)44-26-30-46(31-27-44)55(37-41-20-12-6-13-21-41)38-42-22-14-7-15-23-42/h4-34,50H,35-38H2,1-3H3,(H,52,56). The molecule has 0 saturated heterocycles. The van der Waals surface area contributed by atoms with Crippen LogP contribution >= 0.6 is 0 Å². The Bertz CT molecular complexity index is 2090. The van der Waals surface area contributed by atoms with E-state index in [4.69, 9.17) is 4.74 Å². The number of hydrogen-bond acceptors (Lipinski definition) is 5. The van der Waals surface area contributed by atoms with Crippen LogP contribution in [0.1, 0.15) is 44.9 Å². The van der Waals surface area contributed by atoms with Crippen molar-refractivity contribution in [3.8, 4) is 5.75 Å². The Labute approximate surface area is 337 Å². The fraction of sp³-hybridized carbons (Fsp3) is 0.157. The predicted octanol–water partition coefficient (Wildman–Crippen LogP) is 11.1. The summed E-state index contributed by atoms with van der Waals surface area (Å²) in [6, 6.07) is 66.3. The van der Waals surface area contributed by atoms with E-state index in [0.717, 1.165) is 59.9 Å². The monoisotopic (exact) mass is 750 g/mol. The molecule has 0 spiro atoms. The maximum absolute atomic E-state index is 12.8. The number of ether oxygens (including phenoxy) is 1. The average Bonchev–Trinajstić information content (AvgIpc) is 3.25. The summed E-state index contributed by atoms with van der Waals surface area (Å²) >= 11 is 0. The molecule has 0 bridgehead atoms. The number of anilines is 3. The third-order valence-corrected chi connectivity index (χ3v) is 10.3. The minimum atomic E-state index is -0.508. The average molecular weight is 751 g/mol. The van der Waals surface area contributed by atoms with Crippen molar-refractivity contribution >= 4 is 23.2 Å². The van der Waals surface area contributed by atoms with Crippen LogP contribution in [0.3, 0.4) is 0 Å². The van der Waals surface area contributed by atoms with E-state index in [9.17, 15) is 4.79 Å². The quantitative estimate of drug-likeness (QED) is 0.106. The Morgan fingerprint density at radius 1 is 0.491 bits per heavy atom. The number of nitrogens with one attached hydrogen (secondary N) is 1. The van der Waals surface area contributed by atoms with Gasteiger partial charge < -0.3 is 24.8 Å². The first-order valence-corrected chi connectivity index (χ1v) is 19.5. The van der Waals surface area contributed by atoms with Gasteiger partial charge in [0.1, 0.15) is 5.75 Å². The second-order valence-electron chi connectivity index (χ2n) is 14.5. The summed E-state index contributed by atoms with van der Waals surface area (Å²) in [7, 11) is 5.56. The van der Waals surface area contributed by atoms with Crippen LogP contribution < -0.4 is 24.8 Å². The first-order valence-electron chi connectivity index (χ1n) is 19.5. The molecule has 0 aliphatic rings. The van der Waals surface area contributed by atoms with Crippen LogP contribution in [0.4, 0.5) is 21.9 Å². The third kappa shape index (κ3) is 10.1. The Balaban J connectivity index is 1.28. The Hall–Kier alpha value is -6.79. The summed E-state index contributed by atoms with van der Waals surface area (Å²) in [5.41, 5.74) is 11.3. The van der Waals surface area contributed by atoms with Crippen LogP contribution in [0, 0.1) is 0 Å². The number of rotatable bonds is 15. The molecular formula is C51H50N4O2. The molecule has 0 heterocycles. The molecule has 0 fully saturated rings. The van der Waals surface area contributed by atoms with Gasteiger partial charge in [0.2, 0.25) is 0 Å². The molecule has 57 heavy (non-hydrogen) atoms. The van der Waals surface area contributed by atoms with Gasteiger partial charge >= 0.3 is 6.09 Å². The van der Waals surface area contributed by atoms with Gasteiger partial charge in [-0.1, -0.05) is 152 Å². The van der Waals surface area contributed by atoms with Crippen molar-refractivity contribution in [1.82, 2.24) is 5.32 Å². The third-order valence-electron chi connectivity index (χ3n) is 10.3. The molecule has 7 rings (SSSR count). The normalized spacial score (nSPS) is 10.9. The molecule has 286 valence electrons.